The van der Waals surface area contributed by atoms with Gasteiger partial charge in [-0.25, -0.2) is 0 Å². The molecule has 8 rings (SSSR count). The first kappa shape index (κ1) is 25.4. The zero-order valence-corrected chi connectivity index (χ0v) is 23.6. The molecule has 0 bridgehead atoms. The van der Waals surface area contributed by atoms with E-state index in [1.54, 1.807) is 12.1 Å². The van der Waals surface area contributed by atoms with Gasteiger partial charge in [0, 0.05) is 44.4 Å². The number of fused-ring (bicyclic) bond motifs is 6. The lowest BCUT2D eigenvalue weighted by Gasteiger charge is -2.18. The summed E-state index contributed by atoms with van der Waals surface area (Å²) in [4.78, 5) is 0. The molecule has 5 nitrogen and oxygen atoms in total. The van der Waals surface area contributed by atoms with E-state index in [1.165, 1.54) is 10.8 Å². The number of hydrogen-bond acceptors (Lipinski definition) is 3. The van der Waals surface area contributed by atoms with Crippen LogP contribution in [0, 0.1) is 34.0 Å². The van der Waals surface area contributed by atoms with E-state index in [-0.39, 0.29) is 0 Å². The highest BCUT2D eigenvalue weighted by molar-refractivity contribution is 6.09. The Kier molecular flexibility index (Phi) is 5.70. The molecular weight excluding hydrogens is 538 g/mol. The Balaban J connectivity index is 1.49. The van der Waals surface area contributed by atoms with Crippen molar-refractivity contribution in [3.63, 3.8) is 0 Å². The van der Waals surface area contributed by atoms with Gasteiger partial charge in [-0.05, 0) is 78.6 Å². The number of rotatable bonds is 3. The minimum atomic E-state index is 0.453. The molecular formula is C39H23N5. The fourth-order valence-corrected chi connectivity index (χ4v) is 6.78. The quantitative estimate of drug-likeness (QED) is 0.216. The molecule has 204 valence electrons. The van der Waals surface area contributed by atoms with Crippen LogP contribution in [0.3, 0.4) is 0 Å². The van der Waals surface area contributed by atoms with Gasteiger partial charge in [0.25, 0.3) is 0 Å². The molecule has 0 saturated heterocycles. The molecule has 0 spiro atoms. The number of nitriles is 3. The molecule has 1 aliphatic rings. The topological polar surface area (TPSA) is 81.2 Å². The molecule has 5 heteroatoms. The first-order chi connectivity index (χ1) is 21.7. The lowest BCUT2D eigenvalue weighted by Crippen LogP contribution is -2.06. The molecule has 44 heavy (non-hydrogen) atoms. The van der Waals surface area contributed by atoms with Gasteiger partial charge in [0.2, 0.25) is 0 Å². The van der Waals surface area contributed by atoms with E-state index in [2.05, 4.69) is 106 Å². The molecule has 0 unspecified atom stereocenters. The zero-order valence-electron chi connectivity index (χ0n) is 23.6. The number of aromatic nitrogens is 2. The molecule has 5 aromatic carbocycles. The van der Waals surface area contributed by atoms with Gasteiger partial charge in [-0.1, -0.05) is 60.7 Å². The predicted octanol–water partition coefficient (Wildman–Crippen LogP) is 8.99. The van der Waals surface area contributed by atoms with Crippen LogP contribution in [0.25, 0.3) is 61.3 Å². The zero-order chi connectivity index (χ0) is 29.8. The van der Waals surface area contributed by atoms with Crippen LogP contribution in [0.15, 0.2) is 115 Å². The second kappa shape index (κ2) is 9.88. The molecule has 0 amide bonds. The molecule has 0 fully saturated rings. The minimum absolute atomic E-state index is 0.453. The Morgan fingerprint density at radius 3 is 1.80 bits per heavy atom. The molecule has 0 aliphatic heterocycles. The summed E-state index contributed by atoms with van der Waals surface area (Å²) >= 11 is 0. The molecule has 0 saturated carbocycles. The Bertz CT molecular complexity index is 2430. The number of para-hydroxylation sites is 3. The molecule has 0 atom stereocenters. The maximum atomic E-state index is 10.1. The lowest BCUT2D eigenvalue weighted by atomic mass is 9.96. The van der Waals surface area contributed by atoms with Crippen LogP contribution in [0.4, 0.5) is 0 Å². The van der Waals surface area contributed by atoms with Gasteiger partial charge in [-0.15, -0.1) is 0 Å². The van der Waals surface area contributed by atoms with Crippen molar-refractivity contribution in [2.45, 2.75) is 12.8 Å². The number of nitrogens with zero attached hydrogens (tertiary/aromatic N) is 5. The second-order valence-corrected chi connectivity index (χ2v) is 11.1. The third-order valence-electron chi connectivity index (χ3n) is 8.69. The second-order valence-electron chi connectivity index (χ2n) is 11.1. The summed E-state index contributed by atoms with van der Waals surface area (Å²) in [5, 5.41) is 32.8. The van der Waals surface area contributed by atoms with Crippen LogP contribution in [-0.4, -0.2) is 9.13 Å². The smallest absolute Gasteiger partial charge is 0.0998 e. The highest BCUT2D eigenvalue weighted by Gasteiger charge is 2.23. The summed E-state index contributed by atoms with van der Waals surface area (Å²) in [6, 6.07) is 43.8. The van der Waals surface area contributed by atoms with Crippen LogP contribution in [0.2, 0.25) is 0 Å². The first-order valence-corrected chi connectivity index (χ1v) is 14.5. The third-order valence-corrected chi connectivity index (χ3v) is 8.69. The van der Waals surface area contributed by atoms with E-state index >= 15 is 0 Å². The first-order valence-electron chi connectivity index (χ1n) is 14.5. The van der Waals surface area contributed by atoms with E-state index in [0.29, 0.717) is 17.5 Å². The third kappa shape index (κ3) is 3.76. The molecule has 1 aliphatic carbocycles. The summed E-state index contributed by atoms with van der Waals surface area (Å²) in [6.45, 7) is 0. The maximum Gasteiger partial charge on any atom is 0.0998 e. The maximum absolute atomic E-state index is 10.1. The van der Waals surface area contributed by atoms with Crippen molar-refractivity contribution >= 4 is 38.8 Å². The Labute approximate surface area is 254 Å². The standard InChI is InChI=1S/C39H23N5/c40-22-25-13-15-31(28(17-25)24-42)27-19-29(43-36-10-4-1-7-32(36)33-8-2-5-11-37(33)43)21-30(20-27)44-38-12-6-3-9-34(38)35-18-26(23-41)14-16-39(35)44/h1-13,15,17-21H,14,16H2. The summed E-state index contributed by atoms with van der Waals surface area (Å²) in [5.41, 5.74) is 10.8. The fourth-order valence-electron chi connectivity index (χ4n) is 6.78. The summed E-state index contributed by atoms with van der Waals surface area (Å²) < 4.78 is 4.60. The van der Waals surface area contributed by atoms with Gasteiger partial charge < -0.3 is 9.13 Å². The van der Waals surface area contributed by atoms with Crippen LogP contribution in [0.1, 0.15) is 28.8 Å². The largest absolute Gasteiger partial charge is 0.313 e. The summed E-state index contributed by atoms with van der Waals surface area (Å²) in [5.74, 6) is 0. The van der Waals surface area contributed by atoms with Crippen molar-refractivity contribution < 1.29 is 0 Å². The van der Waals surface area contributed by atoms with Crippen LogP contribution in [0.5, 0.6) is 0 Å². The van der Waals surface area contributed by atoms with E-state index in [0.717, 1.165) is 67.7 Å². The van der Waals surface area contributed by atoms with Crippen molar-refractivity contribution in [1.82, 2.24) is 9.13 Å². The van der Waals surface area contributed by atoms with Crippen molar-refractivity contribution in [3.8, 4) is 40.7 Å². The van der Waals surface area contributed by atoms with Crippen LogP contribution < -0.4 is 0 Å². The van der Waals surface area contributed by atoms with Gasteiger partial charge in [-0.3, -0.25) is 0 Å². The SMILES string of the molecule is N#CC1=Cc2c(n(-c3cc(-c4ccc(C#N)cc4C#N)cc(-n4c5ccccc5c5ccccc54)c3)c3ccccc23)CC1. The lowest BCUT2D eigenvalue weighted by molar-refractivity contribution is 0.870. The Hall–Kier alpha value is -6.35. The number of hydrogen-bond donors (Lipinski definition) is 0. The fraction of sp³-hybridized carbons (Fsp3) is 0.0513. The van der Waals surface area contributed by atoms with Crippen molar-refractivity contribution in [3.05, 3.63) is 137 Å². The van der Waals surface area contributed by atoms with Gasteiger partial charge in [-0.2, -0.15) is 15.8 Å². The predicted molar refractivity (Wildman–Crippen MR) is 174 cm³/mol. The Morgan fingerprint density at radius 2 is 1.16 bits per heavy atom. The average molecular weight is 562 g/mol. The van der Waals surface area contributed by atoms with E-state index in [1.807, 2.05) is 24.3 Å². The van der Waals surface area contributed by atoms with Crippen LogP contribution >= 0.6 is 0 Å². The molecule has 7 aromatic rings. The van der Waals surface area contributed by atoms with E-state index in [9.17, 15) is 15.8 Å². The van der Waals surface area contributed by atoms with Gasteiger partial charge >= 0.3 is 0 Å². The van der Waals surface area contributed by atoms with Crippen molar-refractivity contribution in [1.29, 1.82) is 15.8 Å². The summed E-state index contributed by atoms with van der Waals surface area (Å²) in [7, 11) is 0. The summed E-state index contributed by atoms with van der Waals surface area (Å²) in [6.07, 6.45) is 3.47. The van der Waals surface area contributed by atoms with Crippen molar-refractivity contribution in [2.75, 3.05) is 0 Å². The van der Waals surface area contributed by atoms with Gasteiger partial charge in [0.15, 0.2) is 0 Å². The van der Waals surface area contributed by atoms with Crippen molar-refractivity contribution in [2.24, 2.45) is 0 Å². The molecule has 0 radical (unpaired) electrons. The monoisotopic (exact) mass is 561 g/mol. The van der Waals surface area contributed by atoms with E-state index < -0.39 is 0 Å². The Morgan fingerprint density at radius 1 is 0.545 bits per heavy atom. The molecule has 2 aromatic heterocycles. The highest BCUT2D eigenvalue weighted by Crippen LogP contribution is 2.39. The highest BCUT2D eigenvalue weighted by atomic mass is 15.0. The normalized spacial score (nSPS) is 12.4. The van der Waals surface area contributed by atoms with Gasteiger partial charge in [0.05, 0.1) is 45.9 Å². The molecule has 0 N–H and O–H groups in total. The van der Waals surface area contributed by atoms with Gasteiger partial charge in [0.1, 0.15) is 0 Å². The average Bonchev–Trinajstić information content (AvgIpc) is 3.60. The van der Waals surface area contributed by atoms with E-state index in [4.69, 9.17) is 0 Å². The van der Waals surface area contributed by atoms with Crippen LogP contribution in [-0.2, 0) is 6.42 Å². The molecule has 2 heterocycles. The number of benzene rings is 5. The minimum Gasteiger partial charge on any atom is -0.313 e. The number of allylic oxidation sites excluding steroid dienone is 1.